The Morgan fingerprint density at radius 2 is 1.96 bits per heavy atom. The maximum atomic E-state index is 13.1. The number of fused-ring (bicyclic) bond motifs is 1. The summed E-state index contributed by atoms with van der Waals surface area (Å²) in [5, 5.41) is 7.22. The van der Waals surface area contributed by atoms with Crippen LogP contribution in [-0.4, -0.2) is 63.1 Å². The fourth-order valence-corrected chi connectivity index (χ4v) is 3.85. The van der Waals surface area contributed by atoms with Crippen LogP contribution in [-0.2, 0) is 16.1 Å². The number of rotatable bonds is 4. The fraction of sp³-hybridized carbons (Fsp3) is 0.450. The number of piperazine rings is 2. The van der Waals surface area contributed by atoms with Gasteiger partial charge >= 0.3 is 0 Å². The maximum absolute atomic E-state index is 13.1. The van der Waals surface area contributed by atoms with Crippen molar-refractivity contribution >= 4 is 11.8 Å². The van der Waals surface area contributed by atoms with E-state index >= 15 is 0 Å². The molecule has 2 atom stereocenters. The van der Waals surface area contributed by atoms with Gasteiger partial charge in [0.1, 0.15) is 17.9 Å². The van der Waals surface area contributed by atoms with Gasteiger partial charge in [0, 0.05) is 37.9 Å². The summed E-state index contributed by atoms with van der Waals surface area (Å²) >= 11 is 0. The van der Waals surface area contributed by atoms with Crippen molar-refractivity contribution in [1.82, 2.24) is 24.9 Å². The summed E-state index contributed by atoms with van der Waals surface area (Å²) in [7, 11) is 0. The Morgan fingerprint density at radius 3 is 2.68 bits per heavy atom. The van der Waals surface area contributed by atoms with Gasteiger partial charge in [-0.2, -0.15) is 5.10 Å². The van der Waals surface area contributed by atoms with Gasteiger partial charge in [0.05, 0.1) is 11.9 Å². The molecular weight excluding hydrogens is 361 g/mol. The number of hydrogen-bond acceptors (Lipinski definition) is 4. The van der Waals surface area contributed by atoms with E-state index in [-0.39, 0.29) is 23.5 Å². The molecule has 8 heteroatoms. The Hall–Kier alpha value is -2.74. The highest BCUT2D eigenvalue weighted by Crippen LogP contribution is 2.21. The van der Waals surface area contributed by atoms with E-state index in [9.17, 15) is 14.0 Å². The predicted molar refractivity (Wildman–Crippen MR) is 101 cm³/mol. The van der Waals surface area contributed by atoms with Gasteiger partial charge in [0.25, 0.3) is 0 Å². The lowest BCUT2D eigenvalue weighted by Gasteiger charge is -2.46. The topological polar surface area (TPSA) is 70.5 Å². The first-order chi connectivity index (χ1) is 13.4. The van der Waals surface area contributed by atoms with Crippen molar-refractivity contribution in [3.05, 3.63) is 48.0 Å². The minimum Gasteiger partial charge on any atom is -0.342 e. The molecule has 0 bridgehead atoms. The van der Waals surface area contributed by atoms with E-state index in [1.807, 2.05) is 20.0 Å². The van der Waals surface area contributed by atoms with Crippen LogP contribution in [0, 0.1) is 11.7 Å². The number of nitrogens with one attached hydrogen (secondary N) is 1. The van der Waals surface area contributed by atoms with Crippen LogP contribution in [0.4, 0.5) is 4.39 Å². The smallest absolute Gasteiger partial charge is 0.246 e. The van der Waals surface area contributed by atoms with Gasteiger partial charge in [-0.1, -0.05) is 13.8 Å². The molecule has 7 nitrogen and oxygen atoms in total. The van der Waals surface area contributed by atoms with E-state index < -0.39 is 12.1 Å². The monoisotopic (exact) mass is 385 g/mol. The molecular formula is C20H24FN5O2. The summed E-state index contributed by atoms with van der Waals surface area (Å²) in [4.78, 5) is 29.1. The molecule has 0 spiro atoms. The largest absolute Gasteiger partial charge is 0.342 e. The van der Waals surface area contributed by atoms with Crippen molar-refractivity contribution in [1.29, 1.82) is 0 Å². The van der Waals surface area contributed by atoms with Crippen molar-refractivity contribution in [2.75, 3.05) is 19.6 Å². The third-order valence-electron chi connectivity index (χ3n) is 5.41. The summed E-state index contributed by atoms with van der Waals surface area (Å²) < 4.78 is 14.8. The highest BCUT2D eigenvalue weighted by molar-refractivity contribution is 5.97. The van der Waals surface area contributed by atoms with Crippen LogP contribution < -0.4 is 5.32 Å². The van der Waals surface area contributed by atoms with Gasteiger partial charge in [-0.25, -0.2) is 9.07 Å². The van der Waals surface area contributed by atoms with E-state index in [1.165, 1.54) is 12.1 Å². The van der Waals surface area contributed by atoms with Crippen LogP contribution in [0.1, 0.15) is 19.4 Å². The first-order valence-corrected chi connectivity index (χ1v) is 9.55. The Bertz CT molecular complexity index is 879. The van der Waals surface area contributed by atoms with Gasteiger partial charge in [0.15, 0.2) is 0 Å². The number of carbonyl (C=O) groups is 2. The molecule has 2 amide bonds. The van der Waals surface area contributed by atoms with Gasteiger partial charge in [-0.05, 0) is 30.2 Å². The Labute approximate surface area is 163 Å². The minimum atomic E-state index is -0.441. The average Bonchev–Trinajstić information content (AvgIpc) is 3.13. The molecule has 1 aromatic heterocycles. The fourth-order valence-electron chi connectivity index (χ4n) is 3.85. The van der Waals surface area contributed by atoms with Crippen molar-refractivity contribution < 1.29 is 14.0 Å². The average molecular weight is 385 g/mol. The molecule has 0 aliphatic carbocycles. The maximum Gasteiger partial charge on any atom is 0.246 e. The number of aromatic nitrogens is 2. The Kier molecular flexibility index (Phi) is 4.89. The predicted octanol–water partition coefficient (Wildman–Crippen LogP) is 1.18. The molecule has 2 aromatic rings. The standard InChI is InChI=1S/C20H24FN5O2/c1-13(2)18-20(28)25-8-7-24(12-17(25)19(27)23-18)10-14-9-22-26(11-14)16-5-3-15(21)4-6-16/h3-6,9,11,13,17-18H,7-8,10,12H2,1-2H3,(H,23,27)/t17-,18+/m1/s1. The number of benzene rings is 1. The lowest BCUT2D eigenvalue weighted by Crippen LogP contribution is -2.70. The van der Waals surface area contributed by atoms with E-state index in [0.717, 1.165) is 11.3 Å². The molecule has 2 fully saturated rings. The summed E-state index contributed by atoms with van der Waals surface area (Å²) in [6.07, 6.45) is 3.68. The van der Waals surface area contributed by atoms with Gasteiger partial charge in [-0.3, -0.25) is 14.5 Å². The normalized spacial score (nSPS) is 23.1. The van der Waals surface area contributed by atoms with Gasteiger partial charge < -0.3 is 10.2 Å². The second-order valence-corrected chi connectivity index (χ2v) is 7.78. The van der Waals surface area contributed by atoms with Crippen LogP contribution in [0.3, 0.4) is 0 Å². The SMILES string of the molecule is CC(C)[C@@H]1NC(=O)[C@H]2CN(Cc3cnn(-c4ccc(F)cc4)c3)CCN2C1=O. The molecule has 2 aliphatic rings. The van der Waals surface area contributed by atoms with Crippen LogP contribution in [0.15, 0.2) is 36.7 Å². The van der Waals surface area contributed by atoms with E-state index in [1.54, 1.807) is 27.9 Å². The second kappa shape index (κ2) is 7.35. The van der Waals surface area contributed by atoms with Crippen LogP contribution in [0.5, 0.6) is 0 Å². The number of hydrogen-bond donors (Lipinski definition) is 1. The quantitative estimate of drug-likeness (QED) is 0.858. The zero-order chi connectivity index (χ0) is 19.8. The molecule has 1 N–H and O–H groups in total. The van der Waals surface area contributed by atoms with Crippen molar-refractivity contribution in [3.63, 3.8) is 0 Å². The van der Waals surface area contributed by atoms with Crippen molar-refractivity contribution in [2.24, 2.45) is 5.92 Å². The van der Waals surface area contributed by atoms with Gasteiger partial charge in [0.2, 0.25) is 11.8 Å². The molecule has 2 aliphatic heterocycles. The lowest BCUT2D eigenvalue weighted by atomic mass is 9.96. The molecule has 0 radical (unpaired) electrons. The second-order valence-electron chi connectivity index (χ2n) is 7.78. The molecule has 0 saturated carbocycles. The zero-order valence-corrected chi connectivity index (χ0v) is 16.0. The first kappa shape index (κ1) is 18.6. The summed E-state index contributed by atoms with van der Waals surface area (Å²) in [6, 6.07) is 5.28. The Morgan fingerprint density at radius 1 is 1.21 bits per heavy atom. The van der Waals surface area contributed by atoms with Crippen molar-refractivity contribution in [3.8, 4) is 5.69 Å². The lowest BCUT2D eigenvalue weighted by molar-refractivity contribution is -0.154. The summed E-state index contributed by atoms with van der Waals surface area (Å²) in [5.74, 6) is -0.268. The number of amides is 2. The molecule has 4 rings (SSSR count). The van der Waals surface area contributed by atoms with E-state index in [2.05, 4.69) is 15.3 Å². The highest BCUT2D eigenvalue weighted by atomic mass is 19.1. The van der Waals surface area contributed by atoms with Crippen molar-refractivity contribution in [2.45, 2.75) is 32.5 Å². The van der Waals surface area contributed by atoms with Crippen LogP contribution in [0.2, 0.25) is 0 Å². The number of carbonyl (C=O) groups excluding carboxylic acids is 2. The first-order valence-electron chi connectivity index (χ1n) is 9.55. The minimum absolute atomic E-state index is 0.0170. The highest BCUT2D eigenvalue weighted by Gasteiger charge is 2.44. The van der Waals surface area contributed by atoms with E-state index in [4.69, 9.17) is 0 Å². The van der Waals surface area contributed by atoms with Crippen LogP contribution in [0.25, 0.3) is 5.69 Å². The molecule has 1 aromatic carbocycles. The van der Waals surface area contributed by atoms with Crippen LogP contribution >= 0.6 is 0 Å². The molecule has 2 saturated heterocycles. The Balaban J connectivity index is 1.42. The third kappa shape index (κ3) is 3.52. The molecule has 28 heavy (non-hydrogen) atoms. The zero-order valence-electron chi connectivity index (χ0n) is 16.0. The summed E-state index contributed by atoms with van der Waals surface area (Å²) in [6.45, 7) is 6.29. The van der Waals surface area contributed by atoms with Gasteiger partial charge in [-0.15, -0.1) is 0 Å². The molecule has 0 unspecified atom stereocenters. The third-order valence-corrected chi connectivity index (χ3v) is 5.41. The number of halogens is 1. The molecule has 3 heterocycles. The molecule has 148 valence electrons. The van der Waals surface area contributed by atoms with E-state index in [0.29, 0.717) is 26.2 Å². The summed E-state index contributed by atoms with van der Waals surface area (Å²) in [5.41, 5.74) is 1.79. The number of nitrogens with zero attached hydrogens (tertiary/aromatic N) is 4.